The van der Waals surface area contributed by atoms with Gasteiger partial charge in [0.25, 0.3) is 5.91 Å². The zero-order chi connectivity index (χ0) is 19.2. The zero-order valence-electron chi connectivity index (χ0n) is 15.9. The predicted octanol–water partition coefficient (Wildman–Crippen LogP) is 3.93. The van der Waals surface area contributed by atoms with Crippen LogP contribution in [-0.4, -0.2) is 25.8 Å². The molecule has 0 aliphatic heterocycles. The maximum atomic E-state index is 12.5. The van der Waals surface area contributed by atoms with Gasteiger partial charge in [0.05, 0.1) is 17.5 Å². The van der Waals surface area contributed by atoms with Crippen LogP contribution in [0.3, 0.4) is 0 Å². The van der Waals surface area contributed by atoms with Crippen molar-refractivity contribution in [3.63, 3.8) is 0 Å². The molecule has 4 rings (SSSR count). The molecule has 142 valence electrons. The lowest BCUT2D eigenvalue weighted by molar-refractivity contribution is 0.101. The van der Waals surface area contributed by atoms with Crippen molar-refractivity contribution in [1.82, 2.24) is 19.9 Å². The average molecular weight is 385 g/mol. The summed E-state index contributed by atoms with van der Waals surface area (Å²) in [5.74, 6) is 0.846. The number of anilines is 1. The third-order valence-corrected chi connectivity index (χ3v) is 6.15. The van der Waals surface area contributed by atoms with E-state index in [0.29, 0.717) is 16.8 Å². The van der Waals surface area contributed by atoms with Crippen LogP contribution in [0.1, 0.15) is 48.3 Å². The average Bonchev–Trinajstić information content (AvgIpc) is 3.31. The first-order chi connectivity index (χ1) is 12.8. The molecule has 27 heavy (non-hydrogen) atoms. The molecule has 1 amide bonds. The number of hydrogen-bond acceptors (Lipinski definition) is 6. The van der Waals surface area contributed by atoms with Gasteiger partial charge in [-0.3, -0.25) is 14.8 Å². The van der Waals surface area contributed by atoms with E-state index in [2.05, 4.69) is 41.3 Å². The van der Waals surface area contributed by atoms with Crippen molar-refractivity contribution >= 4 is 22.4 Å². The van der Waals surface area contributed by atoms with E-state index in [1.165, 1.54) is 4.88 Å². The quantitative estimate of drug-likeness (QED) is 0.738. The molecule has 0 aromatic carbocycles. The number of thiazole rings is 1. The number of aromatic nitrogens is 4. The fourth-order valence-corrected chi connectivity index (χ4v) is 4.48. The number of amides is 1. The molecule has 0 fully saturated rings. The lowest BCUT2D eigenvalue weighted by Crippen LogP contribution is -2.26. The van der Waals surface area contributed by atoms with E-state index in [0.717, 1.165) is 30.5 Å². The van der Waals surface area contributed by atoms with Gasteiger partial charge in [0.1, 0.15) is 0 Å². The van der Waals surface area contributed by atoms with Crippen molar-refractivity contribution in [3.8, 4) is 11.3 Å². The Labute approximate surface area is 161 Å². The van der Waals surface area contributed by atoms with Crippen LogP contribution in [0.2, 0.25) is 0 Å². The van der Waals surface area contributed by atoms with E-state index in [-0.39, 0.29) is 17.0 Å². The standard InChI is InChI=1S/C19H23N5O2S/c1-19(2,3)12-5-6-13-16(7-12)27-18(21-13)22-17(25)14-8-15(26-23-14)11-9-20-24(4)10-11/h8-10,12H,5-7H2,1-4H3,(H,21,22,25). The molecular weight excluding hydrogens is 362 g/mol. The van der Waals surface area contributed by atoms with Gasteiger partial charge in [0.2, 0.25) is 0 Å². The molecule has 7 nitrogen and oxygen atoms in total. The molecule has 0 saturated heterocycles. The van der Waals surface area contributed by atoms with Crippen LogP contribution in [0.15, 0.2) is 23.0 Å². The fraction of sp³-hybridized carbons (Fsp3) is 0.474. The van der Waals surface area contributed by atoms with Crippen LogP contribution in [0.5, 0.6) is 0 Å². The SMILES string of the molecule is Cn1cc(-c2cc(C(=O)Nc3nc4c(s3)CC(C(C)(C)C)CC4)no2)cn1. The Morgan fingerprint density at radius 2 is 2.22 bits per heavy atom. The number of hydrogen-bond donors (Lipinski definition) is 1. The predicted molar refractivity (Wildman–Crippen MR) is 104 cm³/mol. The van der Waals surface area contributed by atoms with Crippen LogP contribution >= 0.6 is 11.3 Å². The van der Waals surface area contributed by atoms with E-state index in [4.69, 9.17) is 4.52 Å². The number of aryl methyl sites for hydroxylation is 2. The van der Waals surface area contributed by atoms with Gasteiger partial charge in [0.15, 0.2) is 16.6 Å². The van der Waals surface area contributed by atoms with Gasteiger partial charge in [-0.1, -0.05) is 25.9 Å². The van der Waals surface area contributed by atoms with Crippen LogP contribution < -0.4 is 5.32 Å². The molecule has 1 aliphatic carbocycles. The molecule has 0 radical (unpaired) electrons. The highest BCUT2D eigenvalue weighted by Gasteiger charge is 2.31. The lowest BCUT2D eigenvalue weighted by Gasteiger charge is -2.33. The van der Waals surface area contributed by atoms with Crippen LogP contribution in [-0.2, 0) is 19.9 Å². The van der Waals surface area contributed by atoms with Gasteiger partial charge in [0, 0.05) is 24.2 Å². The molecule has 0 bridgehead atoms. The fourth-order valence-electron chi connectivity index (χ4n) is 3.40. The molecule has 3 aromatic heterocycles. The monoisotopic (exact) mass is 385 g/mol. The van der Waals surface area contributed by atoms with E-state index in [9.17, 15) is 4.79 Å². The van der Waals surface area contributed by atoms with Crippen LogP contribution in [0.25, 0.3) is 11.3 Å². The summed E-state index contributed by atoms with van der Waals surface area (Å²) in [6, 6.07) is 1.62. The van der Waals surface area contributed by atoms with Crippen LogP contribution in [0.4, 0.5) is 5.13 Å². The summed E-state index contributed by atoms with van der Waals surface area (Å²) in [7, 11) is 1.82. The van der Waals surface area contributed by atoms with Crippen molar-refractivity contribution in [2.75, 3.05) is 5.32 Å². The van der Waals surface area contributed by atoms with E-state index in [1.807, 2.05) is 13.2 Å². The topological polar surface area (TPSA) is 85.8 Å². The van der Waals surface area contributed by atoms with Gasteiger partial charge in [-0.15, -0.1) is 11.3 Å². The lowest BCUT2D eigenvalue weighted by atomic mass is 9.73. The van der Waals surface area contributed by atoms with Gasteiger partial charge in [-0.05, 0) is 30.6 Å². The largest absolute Gasteiger partial charge is 0.355 e. The molecule has 3 aromatic rings. The number of carbonyl (C=O) groups is 1. The second-order valence-electron chi connectivity index (χ2n) is 8.13. The summed E-state index contributed by atoms with van der Waals surface area (Å²) in [6.45, 7) is 6.87. The van der Waals surface area contributed by atoms with Gasteiger partial charge in [-0.25, -0.2) is 4.98 Å². The summed E-state index contributed by atoms with van der Waals surface area (Å²) in [5.41, 5.74) is 2.41. The Kier molecular flexibility index (Phi) is 4.38. The van der Waals surface area contributed by atoms with Crippen molar-refractivity contribution in [2.24, 2.45) is 18.4 Å². The Bertz CT molecular complexity index is 979. The molecule has 0 saturated carbocycles. The number of nitrogens with zero attached hydrogens (tertiary/aromatic N) is 4. The van der Waals surface area contributed by atoms with Gasteiger partial charge < -0.3 is 4.52 Å². The maximum Gasteiger partial charge on any atom is 0.279 e. The molecule has 1 unspecified atom stereocenters. The number of carbonyl (C=O) groups excluding carboxylic acids is 1. The van der Waals surface area contributed by atoms with E-state index in [1.54, 1.807) is 28.3 Å². The molecule has 0 spiro atoms. The second kappa shape index (κ2) is 6.60. The molecular formula is C19H23N5O2S. The summed E-state index contributed by atoms with van der Waals surface area (Å²) >= 11 is 1.57. The Morgan fingerprint density at radius 3 is 2.93 bits per heavy atom. The second-order valence-corrected chi connectivity index (χ2v) is 9.21. The Hall–Kier alpha value is -2.48. The molecule has 1 aliphatic rings. The normalized spacial score (nSPS) is 17.0. The van der Waals surface area contributed by atoms with Crippen molar-refractivity contribution in [1.29, 1.82) is 0 Å². The minimum atomic E-state index is -0.313. The van der Waals surface area contributed by atoms with Crippen molar-refractivity contribution in [3.05, 3.63) is 34.7 Å². The summed E-state index contributed by atoms with van der Waals surface area (Å²) in [4.78, 5) is 18.4. The highest BCUT2D eigenvalue weighted by molar-refractivity contribution is 7.15. The first kappa shape index (κ1) is 17.9. The maximum absolute atomic E-state index is 12.5. The molecule has 1 atom stereocenters. The van der Waals surface area contributed by atoms with E-state index >= 15 is 0 Å². The summed E-state index contributed by atoms with van der Waals surface area (Å²) in [6.07, 6.45) is 6.62. The number of nitrogens with one attached hydrogen (secondary N) is 1. The van der Waals surface area contributed by atoms with Gasteiger partial charge >= 0.3 is 0 Å². The highest BCUT2D eigenvalue weighted by Crippen LogP contribution is 2.40. The van der Waals surface area contributed by atoms with Crippen molar-refractivity contribution < 1.29 is 9.32 Å². The zero-order valence-corrected chi connectivity index (χ0v) is 16.8. The van der Waals surface area contributed by atoms with Crippen LogP contribution in [0, 0.1) is 11.3 Å². The first-order valence-corrected chi connectivity index (χ1v) is 9.87. The third kappa shape index (κ3) is 3.66. The first-order valence-electron chi connectivity index (χ1n) is 9.05. The molecule has 3 heterocycles. The number of fused-ring (bicyclic) bond motifs is 1. The third-order valence-electron chi connectivity index (χ3n) is 5.12. The highest BCUT2D eigenvalue weighted by atomic mass is 32.1. The summed E-state index contributed by atoms with van der Waals surface area (Å²) < 4.78 is 6.94. The molecule has 1 N–H and O–H groups in total. The van der Waals surface area contributed by atoms with E-state index < -0.39 is 0 Å². The smallest absolute Gasteiger partial charge is 0.279 e. The van der Waals surface area contributed by atoms with Crippen molar-refractivity contribution in [2.45, 2.75) is 40.0 Å². The minimum Gasteiger partial charge on any atom is -0.355 e. The minimum absolute atomic E-state index is 0.231. The van der Waals surface area contributed by atoms with Gasteiger partial charge in [-0.2, -0.15) is 5.10 Å². The Morgan fingerprint density at radius 1 is 1.41 bits per heavy atom. The number of rotatable bonds is 3. The summed E-state index contributed by atoms with van der Waals surface area (Å²) in [5, 5.41) is 11.5. The molecule has 8 heteroatoms. The Balaban J connectivity index is 1.47.